The van der Waals surface area contributed by atoms with Crippen molar-refractivity contribution in [2.75, 3.05) is 6.61 Å². The summed E-state index contributed by atoms with van der Waals surface area (Å²) in [5.74, 6) is 6.86. The summed E-state index contributed by atoms with van der Waals surface area (Å²) < 4.78 is 0. The second kappa shape index (κ2) is 7.29. The van der Waals surface area contributed by atoms with E-state index in [1.54, 1.807) is 29.3 Å². The summed E-state index contributed by atoms with van der Waals surface area (Å²) in [6, 6.07) is 3.91. The molecule has 1 N–H and O–H groups in total. The summed E-state index contributed by atoms with van der Waals surface area (Å²) in [4.78, 5) is 9.82. The fourth-order valence-electron chi connectivity index (χ4n) is 1.40. The molecule has 3 nitrogen and oxygen atoms in total. The van der Waals surface area contributed by atoms with E-state index in [1.807, 2.05) is 24.4 Å². The van der Waals surface area contributed by atoms with Crippen LogP contribution >= 0.6 is 23.1 Å². The average Bonchev–Trinajstić information content (AvgIpc) is 2.84. The smallest absolute Gasteiger partial charge is 0.188 e. The average molecular weight is 290 g/mol. The van der Waals surface area contributed by atoms with E-state index in [2.05, 4.69) is 21.8 Å². The second-order valence-electron chi connectivity index (χ2n) is 3.80. The van der Waals surface area contributed by atoms with Gasteiger partial charge in [0.1, 0.15) is 0 Å². The topological polar surface area (TPSA) is 46.0 Å². The minimum absolute atomic E-state index is 0.109. The highest BCUT2D eigenvalue weighted by Gasteiger charge is 2.04. The first-order chi connectivity index (χ1) is 9.29. The first kappa shape index (κ1) is 14.1. The molecule has 0 spiro atoms. The van der Waals surface area contributed by atoms with Crippen LogP contribution in [-0.2, 0) is 5.75 Å². The van der Waals surface area contributed by atoms with E-state index >= 15 is 0 Å². The van der Waals surface area contributed by atoms with Crippen molar-refractivity contribution in [3.63, 3.8) is 0 Å². The highest BCUT2D eigenvalue weighted by Crippen LogP contribution is 2.25. The molecule has 2 aromatic heterocycles. The number of hydrogen-bond acceptors (Lipinski definition) is 5. The zero-order chi connectivity index (χ0) is 13.5. The zero-order valence-electron chi connectivity index (χ0n) is 10.6. The number of aliphatic hydroxyl groups excluding tert-OH is 1. The first-order valence-electron chi connectivity index (χ1n) is 5.88. The van der Waals surface area contributed by atoms with Crippen LogP contribution in [0.15, 0.2) is 28.9 Å². The molecule has 0 saturated carbocycles. The zero-order valence-corrected chi connectivity index (χ0v) is 12.2. The molecule has 0 aliphatic carbocycles. The minimum atomic E-state index is 0.109. The highest BCUT2D eigenvalue weighted by atomic mass is 32.2. The van der Waals surface area contributed by atoms with Crippen LogP contribution in [0.2, 0.25) is 0 Å². The summed E-state index contributed by atoms with van der Waals surface area (Å²) in [6.07, 6.45) is 2.30. The number of aromatic nitrogens is 2. The molecule has 0 saturated heterocycles. The molecule has 0 fully saturated rings. The normalized spacial score (nSPS) is 10.0. The van der Waals surface area contributed by atoms with Crippen molar-refractivity contribution in [2.45, 2.75) is 24.3 Å². The molecular weight excluding hydrogens is 276 g/mol. The molecule has 19 heavy (non-hydrogen) atoms. The molecule has 0 unspecified atom stereocenters. The molecule has 0 bridgehead atoms. The largest absolute Gasteiger partial charge is 0.395 e. The van der Waals surface area contributed by atoms with Gasteiger partial charge in [-0.25, -0.2) is 9.97 Å². The van der Waals surface area contributed by atoms with Crippen LogP contribution in [-0.4, -0.2) is 21.7 Å². The van der Waals surface area contributed by atoms with Gasteiger partial charge in [0.2, 0.25) is 0 Å². The maximum atomic E-state index is 8.72. The molecule has 2 rings (SSSR count). The van der Waals surface area contributed by atoms with Crippen LogP contribution in [0, 0.1) is 18.8 Å². The van der Waals surface area contributed by atoms with E-state index < -0.39 is 0 Å². The van der Waals surface area contributed by atoms with Gasteiger partial charge in [-0.15, -0.1) is 11.3 Å². The first-order valence-corrected chi connectivity index (χ1v) is 7.74. The van der Waals surface area contributed by atoms with Crippen molar-refractivity contribution in [3.05, 3.63) is 39.8 Å². The van der Waals surface area contributed by atoms with Gasteiger partial charge in [-0.05, 0) is 24.4 Å². The van der Waals surface area contributed by atoms with Crippen LogP contribution in [0.3, 0.4) is 0 Å². The van der Waals surface area contributed by atoms with E-state index in [4.69, 9.17) is 5.11 Å². The predicted octanol–water partition coefficient (Wildman–Crippen LogP) is 2.87. The van der Waals surface area contributed by atoms with Crippen LogP contribution in [0.5, 0.6) is 0 Å². The lowest BCUT2D eigenvalue weighted by molar-refractivity contribution is 0.305. The van der Waals surface area contributed by atoms with Gasteiger partial charge in [0.25, 0.3) is 0 Å². The molecule has 98 valence electrons. The molecule has 0 atom stereocenters. The van der Waals surface area contributed by atoms with Crippen molar-refractivity contribution in [2.24, 2.45) is 0 Å². The Morgan fingerprint density at radius 2 is 2.32 bits per heavy atom. The molecule has 2 aromatic rings. The van der Waals surface area contributed by atoms with Gasteiger partial charge >= 0.3 is 0 Å². The minimum Gasteiger partial charge on any atom is -0.395 e. The molecule has 0 amide bonds. The fraction of sp³-hybridized carbons (Fsp3) is 0.286. The Labute approximate surface area is 121 Å². The predicted molar refractivity (Wildman–Crippen MR) is 79.2 cm³/mol. The van der Waals surface area contributed by atoms with Gasteiger partial charge in [0, 0.05) is 34.5 Å². The Morgan fingerprint density at radius 3 is 3.11 bits per heavy atom. The van der Waals surface area contributed by atoms with Gasteiger partial charge in [0.15, 0.2) is 5.16 Å². The lowest BCUT2D eigenvalue weighted by Gasteiger charge is -2.00. The second-order valence-corrected chi connectivity index (χ2v) is 5.75. The maximum absolute atomic E-state index is 8.72. The number of thioether (sulfide) groups is 1. The van der Waals surface area contributed by atoms with E-state index in [9.17, 15) is 0 Å². The summed E-state index contributed by atoms with van der Waals surface area (Å²) >= 11 is 3.31. The van der Waals surface area contributed by atoms with Gasteiger partial charge in [-0.3, -0.25) is 0 Å². The maximum Gasteiger partial charge on any atom is 0.188 e. The quantitative estimate of drug-likeness (QED) is 0.534. The monoisotopic (exact) mass is 290 g/mol. The molecule has 0 radical (unpaired) electrons. The summed E-state index contributed by atoms with van der Waals surface area (Å²) in [7, 11) is 0. The van der Waals surface area contributed by atoms with Crippen LogP contribution in [0.25, 0.3) is 0 Å². The number of hydrogen-bond donors (Lipinski definition) is 1. The fourth-order valence-corrected chi connectivity index (χ4v) is 3.23. The number of rotatable bonds is 4. The Bertz CT molecular complexity index is 599. The third-order valence-corrected chi connectivity index (χ3v) is 4.30. The number of nitrogens with zero attached hydrogens (tertiary/aromatic N) is 2. The molecule has 2 heterocycles. The van der Waals surface area contributed by atoms with E-state index in [0.717, 1.165) is 22.2 Å². The Morgan fingerprint density at radius 1 is 1.42 bits per heavy atom. The van der Waals surface area contributed by atoms with Crippen molar-refractivity contribution in [1.82, 2.24) is 9.97 Å². The van der Waals surface area contributed by atoms with E-state index in [0.29, 0.717) is 6.42 Å². The lowest BCUT2D eigenvalue weighted by Crippen LogP contribution is -1.89. The Hall–Kier alpha value is -1.35. The number of thiophene rings is 1. The van der Waals surface area contributed by atoms with Crippen molar-refractivity contribution >= 4 is 23.1 Å². The molecule has 0 aliphatic rings. The number of aliphatic hydroxyl groups is 1. The summed E-state index contributed by atoms with van der Waals surface area (Å²) in [5, 5.41) is 11.6. The van der Waals surface area contributed by atoms with E-state index in [-0.39, 0.29) is 6.61 Å². The third-order valence-electron chi connectivity index (χ3n) is 2.31. The van der Waals surface area contributed by atoms with Crippen LogP contribution < -0.4 is 0 Å². The van der Waals surface area contributed by atoms with Gasteiger partial charge < -0.3 is 5.11 Å². The van der Waals surface area contributed by atoms with Gasteiger partial charge in [-0.2, -0.15) is 0 Å². The van der Waals surface area contributed by atoms with Crippen LogP contribution in [0.1, 0.15) is 22.6 Å². The van der Waals surface area contributed by atoms with Crippen LogP contribution in [0.4, 0.5) is 0 Å². The molecule has 0 aliphatic heterocycles. The number of aryl methyl sites for hydroxylation is 1. The van der Waals surface area contributed by atoms with Crippen molar-refractivity contribution < 1.29 is 5.11 Å². The standard InChI is InChI=1S/C14H14N2OS2/c1-11-5-7-15-14(16-11)19-10-13-12(6-9-18-13)4-2-3-8-17/h5-7,9,17H,3,8,10H2,1H3. The van der Waals surface area contributed by atoms with E-state index in [1.165, 1.54) is 4.88 Å². The SMILES string of the molecule is Cc1ccnc(SCc2sccc2C#CCCO)n1. The van der Waals surface area contributed by atoms with Crippen molar-refractivity contribution in [3.8, 4) is 11.8 Å². The van der Waals surface area contributed by atoms with Crippen molar-refractivity contribution in [1.29, 1.82) is 0 Å². The Balaban J connectivity index is 2.01. The third kappa shape index (κ3) is 4.35. The summed E-state index contributed by atoms with van der Waals surface area (Å²) in [5.41, 5.74) is 2.02. The molecule has 5 heteroatoms. The van der Waals surface area contributed by atoms with Gasteiger partial charge in [-0.1, -0.05) is 23.6 Å². The highest BCUT2D eigenvalue weighted by molar-refractivity contribution is 7.98. The van der Waals surface area contributed by atoms with Gasteiger partial charge in [0.05, 0.1) is 6.61 Å². The molecular formula is C14H14N2OS2. The molecule has 0 aromatic carbocycles. The summed E-state index contributed by atoms with van der Waals surface area (Å²) in [6.45, 7) is 2.07. The Kier molecular flexibility index (Phi) is 5.40. The lowest BCUT2D eigenvalue weighted by atomic mass is 10.2.